The number of alkyl halides is 1. The van der Waals surface area contributed by atoms with Gasteiger partial charge in [-0.1, -0.05) is 35.8 Å². The molecule has 1 aromatic heterocycles. The molecule has 17 heavy (non-hydrogen) atoms. The van der Waals surface area contributed by atoms with Crippen LogP contribution in [0.2, 0.25) is 0 Å². The van der Waals surface area contributed by atoms with Crippen LogP contribution in [-0.4, -0.2) is 9.78 Å². The van der Waals surface area contributed by atoms with Crippen molar-refractivity contribution in [1.29, 1.82) is 0 Å². The average molecular weight is 297 g/mol. The fraction of sp³-hybridized carbons (Fsp3) is 0.308. The van der Waals surface area contributed by atoms with Crippen LogP contribution in [0.25, 0.3) is 5.69 Å². The summed E-state index contributed by atoms with van der Waals surface area (Å²) >= 11 is 3.31. The van der Waals surface area contributed by atoms with Crippen molar-refractivity contribution in [1.82, 2.24) is 9.78 Å². The van der Waals surface area contributed by atoms with E-state index in [1.54, 1.807) is 10.7 Å². The Morgan fingerprint density at radius 1 is 1.35 bits per heavy atom. The predicted octanol–water partition coefficient (Wildman–Crippen LogP) is 4.03. The fourth-order valence-corrected chi connectivity index (χ4v) is 2.23. The maximum absolute atomic E-state index is 13.6. The number of halogens is 2. The second-order valence-corrected chi connectivity index (χ2v) is 4.77. The number of benzene rings is 1. The predicted molar refractivity (Wildman–Crippen MR) is 70.2 cm³/mol. The lowest BCUT2D eigenvalue weighted by Gasteiger charge is -2.08. The van der Waals surface area contributed by atoms with Crippen LogP contribution in [0.15, 0.2) is 30.5 Å². The quantitative estimate of drug-likeness (QED) is 0.782. The van der Waals surface area contributed by atoms with Crippen molar-refractivity contribution >= 4 is 15.9 Å². The molecule has 0 N–H and O–H groups in total. The molecular formula is C13H14BrFN2. The monoisotopic (exact) mass is 296 g/mol. The highest BCUT2D eigenvalue weighted by atomic mass is 79.9. The summed E-state index contributed by atoms with van der Waals surface area (Å²) < 4.78 is 15.4. The molecule has 0 amide bonds. The maximum atomic E-state index is 13.6. The van der Waals surface area contributed by atoms with E-state index in [2.05, 4.69) is 34.9 Å². The number of hydrogen-bond acceptors (Lipinski definition) is 1. The van der Waals surface area contributed by atoms with Gasteiger partial charge >= 0.3 is 0 Å². The first kappa shape index (κ1) is 12.3. The molecule has 0 bridgehead atoms. The van der Waals surface area contributed by atoms with Gasteiger partial charge in [0.1, 0.15) is 5.82 Å². The van der Waals surface area contributed by atoms with Crippen molar-refractivity contribution < 1.29 is 4.39 Å². The van der Waals surface area contributed by atoms with Gasteiger partial charge in [-0.25, -0.2) is 9.07 Å². The van der Waals surface area contributed by atoms with E-state index in [1.807, 2.05) is 18.3 Å². The standard InChI is InChI=1S/C13H14BrFN2/c1-9(2)12-6-7-17(16-12)13-5-3-4-11(15)10(13)8-14/h3-7,9H,8H2,1-2H3. The van der Waals surface area contributed by atoms with E-state index in [9.17, 15) is 4.39 Å². The van der Waals surface area contributed by atoms with Gasteiger partial charge in [-0.2, -0.15) is 5.10 Å². The van der Waals surface area contributed by atoms with Crippen molar-refractivity contribution in [3.8, 4) is 5.69 Å². The molecule has 0 aliphatic heterocycles. The summed E-state index contributed by atoms with van der Waals surface area (Å²) in [6.07, 6.45) is 1.87. The normalized spacial score (nSPS) is 11.1. The molecule has 0 unspecified atom stereocenters. The van der Waals surface area contributed by atoms with E-state index in [0.29, 0.717) is 16.8 Å². The van der Waals surface area contributed by atoms with E-state index in [4.69, 9.17) is 0 Å². The zero-order valence-electron chi connectivity index (χ0n) is 9.82. The van der Waals surface area contributed by atoms with E-state index < -0.39 is 0 Å². The Balaban J connectivity index is 2.48. The Morgan fingerprint density at radius 2 is 2.12 bits per heavy atom. The Kier molecular flexibility index (Phi) is 3.62. The molecule has 0 saturated heterocycles. The molecule has 1 aromatic carbocycles. The first-order valence-electron chi connectivity index (χ1n) is 5.52. The van der Waals surface area contributed by atoms with Crippen LogP contribution >= 0.6 is 15.9 Å². The Bertz CT molecular complexity index is 520. The lowest BCUT2D eigenvalue weighted by atomic mass is 10.1. The van der Waals surface area contributed by atoms with Crippen molar-refractivity contribution in [2.75, 3.05) is 0 Å². The molecule has 0 aliphatic rings. The summed E-state index contributed by atoms with van der Waals surface area (Å²) in [6.45, 7) is 4.17. The zero-order chi connectivity index (χ0) is 12.4. The number of nitrogens with zero attached hydrogens (tertiary/aromatic N) is 2. The number of rotatable bonds is 3. The number of hydrogen-bond donors (Lipinski definition) is 0. The second kappa shape index (κ2) is 5.00. The molecular weight excluding hydrogens is 283 g/mol. The van der Waals surface area contributed by atoms with Gasteiger partial charge in [0, 0.05) is 17.1 Å². The van der Waals surface area contributed by atoms with Crippen LogP contribution < -0.4 is 0 Å². The fourth-order valence-electron chi connectivity index (χ4n) is 1.67. The van der Waals surface area contributed by atoms with Crippen LogP contribution in [0.5, 0.6) is 0 Å². The summed E-state index contributed by atoms with van der Waals surface area (Å²) in [6, 6.07) is 7.00. The van der Waals surface area contributed by atoms with Crippen LogP contribution in [-0.2, 0) is 5.33 Å². The van der Waals surface area contributed by atoms with E-state index in [1.165, 1.54) is 6.07 Å². The molecule has 90 valence electrons. The van der Waals surface area contributed by atoms with Crippen molar-refractivity contribution in [2.24, 2.45) is 0 Å². The smallest absolute Gasteiger partial charge is 0.129 e. The number of aromatic nitrogens is 2. The SMILES string of the molecule is CC(C)c1ccn(-c2cccc(F)c2CBr)n1. The Morgan fingerprint density at radius 3 is 2.71 bits per heavy atom. The lowest BCUT2D eigenvalue weighted by Crippen LogP contribution is -2.02. The molecule has 0 aliphatic carbocycles. The van der Waals surface area contributed by atoms with Crippen molar-refractivity contribution in [2.45, 2.75) is 25.1 Å². The molecule has 0 spiro atoms. The largest absolute Gasteiger partial charge is 0.240 e. The third-order valence-corrected chi connectivity index (χ3v) is 3.24. The summed E-state index contributed by atoms with van der Waals surface area (Å²) in [5, 5.41) is 4.94. The van der Waals surface area contributed by atoms with Crippen molar-refractivity contribution in [3.63, 3.8) is 0 Å². The Hall–Kier alpha value is -1.16. The molecule has 0 saturated carbocycles. The van der Waals surface area contributed by atoms with E-state index >= 15 is 0 Å². The maximum Gasteiger partial charge on any atom is 0.129 e. The average Bonchev–Trinajstić information content (AvgIpc) is 2.77. The van der Waals surface area contributed by atoms with Gasteiger partial charge in [-0.3, -0.25) is 0 Å². The highest BCUT2D eigenvalue weighted by molar-refractivity contribution is 9.08. The van der Waals surface area contributed by atoms with Crippen LogP contribution in [0.4, 0.5) is 4.39 Å². The third-order valence-electron chi connectivity index (χ3n) is 2.68. The molecule has 4 heteroatoms. The van der Waals surface area contributed by atoms with Crippen LogP contribution in [0, 0.1) is 5.82 Å². The van der Waals surface area contributed by atoms with Gasteiger partial charge < -0.3 is 0 Å². The van der Waals surface area contributed by atoms with Gasteiger partial charge in [-0.05, 0) is 24.1 Å². The minimum absolute atomic E-state index is 0.207. The van der Waals surface area contributed by atoms with Crippen LogP contribution in [0.3, 0.4) is 0 Å². The topological polar surface area (TPSA) is 17.8 Å². The lowest BCUT2D eigenvalue weighted by molar-refractivity contribution is 0.614. The molecule has 2 aromatic rings. The summed E-state index contributed by atoms with van der Waals surface area (Å²) in [4.78, 5) is 0. The first-order chi connectivity index (χ1) is 8.13. The highest BCUT2D eigenvalue weighted by Gasteiger charge is 2.11. The molecule has 2 nitrogen and oxygen atoms in total. The molecule has 0 radical (unpaired) electrons. The minimum atomic E-state index is -0.207. The van der Waals surface area contributed by atoms with Crippen molar-refractivity contribution in [3.05, 3.63) is 47.5 Å². The summed E-state index contributed by atoms with van der Waals surface area (Å²) in [7, 11) is 0. The Labute approximate surface area is 109 Å². The summed E-state index contributed by atoms with van der Waals surface area (Å²) in [5.41, 5.74) is 2.43. The third kappa shape index (κ3) is 2.41. The second-order valence-electron chi connectivity index (χ2n) is 4.21. The highest BCUT2D eigenvalue weighted by Crippen LogP contribution is 2.21. The summed E-state index contributed by atoms with van der Waals surface area (Å²) in [5.74, 6) is 0.165. The van der Waals surface area contributed by atoms with Gasteiger partial charge in [0.25, 0.3) is 0 Å². The van der Waals surface area contributed by atoms with Gasteiger partial charge in [0.15, 0.2) is 0 Å². The van der Waals surface area contributed by atoms with E-state index in [-0.39, 0.29) is 5.82 Å². The molecule has 1 heterocycles. The van der Waals surface area contributed by atoms with E-state index in [0.717, 1.165) is 11.4 Å². The molecule has 0 fully saturated rings. The van der Waals surface area contributed by atoms with Gasteiger partial charge in [0.05, 0.1) is 11.4 Å². The zero-order valence-corrected chi connectivity index (χ0v) is 11.4. The van der Waals surface area contributed by atoms with Crippen LogP contribution in [0.1, 0.15) is 31.0 Å². The molecule has 2 rings (SSSR count). The molecule has 0 atom stereocenters. The van der Waals surface area contributed by atoms with Gasteiger partial charge in [-0.15, -0.1) is 0 Å². The first-order valence-corrected chi connectivity index (χ1v) is 6.65. The minimum Gasteiger partial charge on any atom is -0.240 e. The van der Waals surface area contributed by atoms with Gasteiger partial charge in [0.2, 0.25) is 0 Å².